The highest BCUT2D eigenvalue weighted by Crippen LogP contribution is 2.35. The third-order valence-electron chi connectivity index (χ3n) is 6.10. The van der Waals surface area contributed by atoms with E-state index in [9.17, 15) is 4.79 Å². The number of furan rings is 1. The second kappa shape index (κ2) is 10.1. The number of carbonyl (C=O) groups excluding carboxylic acids is 1. The Morgan fingerprint density at radius 2 is 1.88 bits per heavy atom. The van der Waals surface area contributed by atoms with Crippen molar-refractivity contribution in [3.8, 4) is 11.3 Å². The van der Waals surface area contributed by atoms with Gasteiger partial charge >= 0.3 is 0 Å². The van der Waals surface area contributed by atoms with Crippen molar-refractivity contribution in [1.82, 2.24) is 10.1 Å². The molecule has 2 aromatic heterocycles. The van der Waals surface area contributed by atoms with Crippen LogP contribution in [0.2, 0.25) is 0 Å². The summed E-state index contributed by atoms with van der Waals surface area (Å²) in [6, 6.07) is 13.8. The summed E-state index contributed by atoms with van der Waals surface area (Å²) in [5, 5.41) is 4.47. The molecule has 1 amide bonds. The van der Waals surface area contributed by atoms with Gasteiger partial charge in [0.2, 0.25) is 11.8 Å². The van der Waals surface area contributed by atoms with Gasteiger partial charge in [0.05, 0.1) is 24.9 Å². The van der Waals surface area contributed by atoms with Crippen LogP contribution in [-0.2, 0) is 17.9 Å². The van der Waals surface area contributed by atoms with Gasteiger partial charge < -0.3 is 18.7 Å². The molecule has 1 aliphatic heterocycles. The van der Waals surface area contributed by atoms with Crippen LogP contribution in [0.4, 0.5) is 5.88 Å². The van der Waals surface area contributed by atoms with E-state index in [0.29, 0.717) is 25.4 Å². The predicted molar refractivity (Wildman–Crippen MR) is 125 cm³/mol. The first kappa shape index (κ1) is 22.2. The maximum Gasteiger partial charge on any atom is 0.232 e. The molecule has 0 radical (unpaired) electrons. The minimum absolute atomic E-state index is 0.106. The molecule has 0 saturated carbocycles. The van der Waals surface area contributed by atoms with Crippen LogP contribution < -0.4 is 4.90 Å². The molecule has 3 aromatic rings. The minimum Gasteiger partial charge on any atom is -0.467 e. The first-order valence-corrected chi connectivity index (χ1v) is 11.6. The summed E-state index contributed by atoms with van der Waals surface area (Å²) in [6.45, 7) is 9.17. The number of amides is 1. The molecule has 0 spiro atoms. The lowest BCUT2D eigenvalue weighted by atomic mass is 9.98. The molecular formula is C26H33N3O3. The number of hydrogen-bond donors (Lipinski definition) is 0. The average molecular weight is 436 g/mol. The van der Waals surface area contributed by atoms with Gasteiger partial charge in [0.25, 0.3) is 0 Å². The topological polar surface area (TPSA) is 62.7 Å². The normalized spacial score (nSPS) is 14.8. The Labute approximate surface area is 190 Å². The Bertz CT molecular complexity index is 987. The molecule has 32 heavy (non-hydrogen) atoms. The molecule has 1 saturated heterocycles. The predicted octanol–water partition coefficient (Wildman–Crippen LogP) is 5.75. The van der Waals surface area contributed by atoms with E-state index in [1.54, 1.807) is 6.26 Å². The lowest BCUT2D eigenvalue weighted by Gasteiger charge is -2.31. The summed E-state index contributed by atoms with van der Waals surface area (Å²) in [6.07, 6.45) is 4.39. The average Bonchev–Trinajstić information content (AvgIpc) is 3.44. The van der Waals surface area contributed by atoms with Gasteiger partial charge in [-0.25, -0.2) is 0 Å². The quantitative estimate of drug-likeness (QED) is 0.451. The summed E-state index contributed by atoms with van der Waals surface area (Å²) in [5.74, 6) is 2.66. The van der Waals surface area contributed by atoms with E-state index in [-0.39, 0.29) is 11.8 Å². The minimum atomic E-state index is 0.106. The van der Waals surface area contributed by atoms with Gasteiger partial charge in [-0.3, -0.25) is 4.79 Å². The molecule has 170 valence electrons. The zero-order valence-electron chi connectivity index (χ0n) is 19.3. The number of hydrogen-bond acceptors (Lipinski definition) is 5. The summed E-state index contributed by atoms with van der Waals surface area (Å²) < 4.78 is 11.5. The first-order chi connectivity index (χ1) is 15.5. The van der Waals surface area contributed by atoms with Crippen molar-refractivity contribution in [1.29, 1.82) is 0 Å². The molecule has 6 nitrogen and oxygen atoms in total. The second-order valence-electron chi connectivity index (χ2n) is 9.28. The molecule has 4 rings (SSSR count). The largest absolute Gasteiger partial charge is 0.467 e. The number of carbonyl (C=O) groups is 1. The van der Waals surface area contributed by atoms with E-state index in [2.05, 4.69) is 30.8 Å². The van der Waals surface area contributed by atoms with Gasteiger partial charge in [-0.1, -0.05) is 56.3 Å². The Balaban J connectivity index is 1.69. The number of benzene rings is 1. The van der Waals surface area contributed by atoms with Crippen molar-refractivity contribution in [2.75, 3.05) is 18.0 Å². The van der Waals surface area contributed by atoms with Gasteiger partial charge in [-0.15, -0.1) is 0 Å². The monoisotopic (exact) mass is 435 g/mol. The van der Waals surface area contributed by atoms with Crippen molar-refractivity contribution >= 4 is 11.8 Å². The zero-order valence-corrected chi connectivity index (χ0v) is 19.3. The van der Waals surface area contributed by atoms with Gasteiger partial charge in [0.15, 0.2) is 0 Å². The molecule has 3 heterocycles. The standard InChI is InChI=1S/C26H33N3O3/c1-19(2)16-24(30)29(17-22-10-7-15-31-22)18-23-25(21-8-5-4-6-9-21)27-32-26(23)28-13-11-20(3)12-14-28/h4-10,15,19-20H,11-14,16-18H2,1-3H3. The molecule has 0 atom stereocenters. The van der Waals surface area contributed by atoms with E-state index < -0.39 is 0 Å². The van der Waals surface area contributed by atoms with Crippen LogP contribution in [0.3, 0.4) is 0 Å². The lowest BCUT2D eigenvalue weighted by Crippen LogP contribution is -2.35. The highest BCUT2D eigenvalue weighted by Gasteiger charge is 2.28. The van der Waals surface area contributed by atoms with Crippen molar-refractivity contribution in [2.24, 2.45) is 11.8 Å². The van der Waals surface area contributed by atoms with Gasteiger partial charge in [0, 0.05) is 25.1 Å². The summed E-state index contributed by atoms with van der Waals surface area (Å²) in [4.78, 5) is 17.4. The second-order valence-corrected chi connectivity index (χ2v) is 9.28. The highest BCUT2D eigenvalue weighted by molar-refractivity contribution is 5.77. The molecule has 0 N–H and O–H groups in total. The first-order valence-electron chi connectivity index (χ1n) is 11.6. The maximum atomic E-state index is 13.2. The van der Waals surface area contributed by atoms with Crippen molar-refractivity contribution in [3.05, 3.63) is 60.1 Å². The Kier molecular flexibility index (Phi) is 6.98. The van der Waals surface area contributed by atoms with E-state index in [1.807, 2.05) is 47.4 Å². The van der Waals surface area contributed by atoms with Crippen molar-refractivity contribution in [2.45, 2.75) is 53.1 Å². The molecular weight excluding hydrogens is 402 g/mol. The SMILES string of the molecule is CC(C)CC(=O)N(Cc1ccco1)Cc1c(-c2ccccc2)noc1N1CCC(C)CC1. The van der Waals surface area contributed by atoms with Gasteiger partial charge in [0.1, 0.15) is 11.5 Å². The number of anilines is 1. The Morgan fingerprint density at radius 1 is 1.12 bits per heavy atom. The number of aromatic nitrogens is 1. The van der Waals surface area contributed by atoms with Crippen LogP contribution >= 0.6 is 0 Å². The van der Waals surface area contributed by atoms with Gasteiger partial charge in [-0.05, 0) is 36.8 Å². The van der Waals surface area contributed by atoms with E-state index in [4.69, 9.17) is 8.94 Å². The summed E-state index contributed by atoms with van der Waals surface area (Å²) in [5.41, 5.74) is 2.77. The number of rotatable bonds is 8. The smallest absolute Gasteiger partial charge is 0.232 e. The fraction of sp³-hybridized carbons (Fsp3) is 0.462. The molecule has 6 heteroatoms. The maximum absolute atomic E-state index is 13.2. The zero-order chi connectivity index (χ0) is 22.5. The van der Waals surface area contributed by atoms with Crippen LogP contribution in [-0.4, -0.2) is 29.1 Å². The van der Waals surface area contributed by atoms with Crippen molar-refractivity contribution in [3.63, 3.8) is 0 Å². The molecule has 1 aliphatic rings. The fourth-order valence-electron chi connectivity index (χ4n) is 4.22. The lowest BCUT2D eigenvalue weighted by molar-refractivity contribution is -0.133. The molecule has 1 aromatic carbocycles. The number of piperidine rings is 1. The van der Waals surface area contributed by atoms with E-state index in [0.717, 1.165) is 54.4 Å². The molecule has 0 bridgehead atoms. The highest BCUT2D eigenvalue weighted by atomic mass is 16.5. The van der Waals surface area contributed by atoms with Crippen LogP contribution in [0.1, 0.15) is 51.4 Å². The van der Waals surface area contributed by atoms with E-state index in [1.165, 1.54) is 0 Å². The molecule has 1 fully saturated rings. The van der Waals surface area contributed by atoms with Crippen LogP contribution in [0.5, 0.6) is 0 Å². The molecule has 0 unspecified atom stereocenters. The van der Waals surface area contributed by atoms with Crippen LogP contribution in [0.15, 0.2) is 57.7 Å². The summed E-state index contributed by atoms with van der Waals surface area (Å²) in [7, 11) is 0. The van der Waals surface area contributed by atoms with Crippen molar-refractivity contribution < 1.29 is 13.7 Å². The Hall–Kier alpha value is -3.02. The fourth-order valence-corrected chi connectivity index (χ4v) is 4.22. The van der Waals surface area contributed by atoms with Gasteiger partial charge in [-0.2, -0.15) is 0 Å². The number of nitrogens with zero attached hydrogens (tertiary/aromatic N) is 3. The van der Waals surface area contributed by atoms with Crippen LogP contribution in [0, 0.1) is 11.8 Å². The van der Waals surface area contributed by atoms with Crippen LogP contribution in [0.25, 0.3) is 11.3 Å². The third kappa shape index (κ3) is 5.23. The third-order valence-corrected chi connectivity index (χ3v) is 6.10. The van der Waals surface area contributed by atoms with E-state index >= 15 is 0 Å². The molecule has 0 aliphatic carbocycles. The Morgan fingerprint density at radius 3 is 2.53 bits per heavy atom. The summed E-state index contributed by atoms with van der Waals surface area (Å²) >= 11 is 0.